The fraction of sp³-hybridized carbons (Fsp3) is 0.333. The van der Waals surface area contributed by atoms with Crippen LogP contribution in [0.2, 0.25) is 0 Å². The van der Waals surface area contributed by atoms with Crippen LogP contribution < -0.4 is 10.2 Å². The van der Waals surface area contributed by atoms with Crippen LogP contribution in [0.1, 0.15) is 25.6 Å². The predicted octanol–water partition coefficient (Wildman–Crippen LogP) is 2.29. The average Bonchev–Trinajstić information content (AvgIpc) is 3.06. The topological polar surface area (TPSA) is 75.4 Å². The lowest BCUT2D eigenvalue weighted by Crippen LogP contribution is -2.47. The Morgan fingerprint density at radius 2 is 2.00 bits per heavy atom. The van der Waals surface area contributed by atoms with Gasteiger partial charge >= 0.3 is 0 Å². The SMILES string of the molecule is CCc1nnc2ccc(N[C@H]3CCCN(c4ccccc4)C3=O)nn12. The maximum Gasteiger partial charge on any atom is 0.249 e. The van der Waals surface area contributed by atoms with E-state index < -0.39 is 0 Å². The van der Waals surface area contributed by atoms with E-state index in [1.807, 2.05) is 54.3 Å². The zero-order valence-electron chi connectivity index (χ0n) is 14.1. The van der Waals surface area contributed by atoms with Crippen molar-refractivity contribution < 1.29 is 4.79 Å². The molecule has 2 aromatic heterocycles. The molecule has 1 fully saturated rings. The van der Waals surface area contributed by atoms with Gasteiger partial charge < -0.3 is 10.2 Å². The molecule has 1 aliphatic heterocycles. The van der Waals surface area contributed by atoms with Crippen molar-refractivity contribution in [1.29, 1.82) is 0 Å². The number of nitrogens with one attached hydrogen (secondary N) is 1. The van der Waals surface area contributed by atoms with E-state index in [9.17, 15) is 4.79 Å². The summed E-state index contributed by atoms with van der Waals surface area (Å²) >= 11 is 0. The number of para-hydroxylation sites is 1. The first kappa shape index (κ1) is 15.6. The smallest absolute Gasteiger partial charge is 0.249 e. The number of amides is 1. The molecule has 0 spiro atoms. The number of carbonyl (C=O) groups excluding carboxylic acids is 1. The van der Waals surface area contributed by atoms with Gasteiger partial charge in [-0.2, -0.15) is 4.52 Å². The highest BCUT2D eigenvalue weighted by molar-refractivity contribution is 5.99. The molecule has 0 unspecified atom stereocenters. The van der Waals surface area contributed by atoms with Crippen LogP contribution in [0.3, 0.4) is 0 Å². The van der Waals surface area contributed by atoms with Crippen molar-refractivity contribution >= 4 is 23.1 Å². The molecule has 3 heterocycles. The molecule has 0 radical (unpaired) electrons. The van der Waals surface area contributed by atoms with Gasteiger partial charge in [0.15, 0.2) is 11.5 Å². The molecule has 1 saturated heterocycles. The summed E-state index contributed by atoms with van der Waals surface area (Å²) in [7, 11) is 0. The second-order valence-electron chi connectivity index (χ2n) is 6.12. The second kappa shape index (κ2) is 6.51. The van der Waals surface area contributed by atoms with Crippen LogP contribution in [0.25, 0.3) is 5.65 Å². The average molecular weight is 336 g/mol. The molecule has 1 atom stereocenters. The van der Waals surface area contributed by atoms with Crippen molar-refractivity contribution in [3.63, 3.8) is 0 Å². The number of carbonyl (C=O) groups is 1. The summed E-state index contributed by atoms with van der Waals surface area (Å²) in [4.78, 5) is 14.7. The van der Waals surface area contributed by atoms with Crippen molar-refractivity contribution in [1.82, 2.24) is 19.8 Å². The minimum Gasteiger partial charge on any atom is -0.357 e. The van der Waals surface area contributed by atoms with E-state index in [1.54, 1.807) is 4.52 Å². The van der Waals surface area contributed by atoms with Gasteiger partial charge in [0.2, 0.25) is 5.91 Å². The number of piperidine rings is 1. The Labute approximate surface area is 145 Å². The van der Waals surface area contributed by atoms with Gasteiger partial charge in [0.1, 0.15) is 11.9 Å². The molecular weight excluding hydrogens is 316 g/mol. The van der Waals surface area contributed by atoms with Crippen molar-refractivity contribution in [2.45, 2.75) is 32.2 Å². The molecule has 25 heavy (non-hydrogen) atoms. The number of nitrogens with zero attached hydrogens (tertiary/aromatic N) is 5. The molecule has 7 heteroatoms. The van der Waals surface area contributed by atoms with Crippen molar-refractivity contribution in [3.05, 3.63) is 48.3 Å². The normalized spacial score (nSPS) is 17.9. The number of hydrogen-bond donors (Lipinski definition) is 1. The lowest BCUT2D eigenvalue weighted by atomic mass is 10.0. The largest absolute Gasteiger partial charge is 0.357 e. The minimum absolute atomic E-state index is 0.0822. The van der Waals surface area contributed by atoms with E-state index >= 15 is 0 Å². The summed E-state index contributed by atoms with van der Waals surface area (Å²) in [5, 5.41) is 16.0. The number of rotatable bonds is 4. The first-order valence-electron chi connectivity index (χ1n) is 8.60. The number of aromatic nitrogens is 4. The van der Waals surface area contributed by atoms with Gasteiger partial charge in [0, 0.05) is 18.7 Å². The van der Waals surface area contributed by atoms with E-state index in [-0.39, 0.29) is 11.9 Å². The quantitative estimate of drug-likeness (QED) is 0.791. The van der Waals surface area contributed by atoms with Gasteiger partial charge in [-0.15, -0.1) is 15.3 Å². The molecule has 3 aromatic rings. The highest BCUT2D eigenvalue weighted by Gasteiger charge is 2.29. The van der Waals surface area contributed by atoms with Crippen LogP contribution in [-0.2, 0) is 11.2 Å². The third-order valence-electron chi connectivity index (χ3n) is 4.47. The first-order chi connectivity index (χ1) is 12.3. The predicted molar refractivity (Wildman–Crippen MR) is 95.6 cm³/mol. The van der Waals surface area contributed by atoms with E-state index in [0.29, 0.717) is 11.5 Å². The number of aryl methyl sites for hydroxylation is 1. The van der Waals surface area contributed by atoms with E-state index in [2.05, 4.69) is 20.6 Å². The van der Waals surface area contributed by atoms with Gasteiger partial charge in [-0.25, -0.2) is 0 Å². The number of hydrogen-bond acceptors (Lipinski definition) is 5. The lowest BCUT2D eigenvalue weighted by Gasteiger charge is -2.32. The molecule has 0 saturated carbocycles. The van der Waals surface area contributed by atoms with Gasteiger partial charge in [0.05, 0.1) is 0 Å². The Morgan fingerprint density at radius 1 is 1.16 bits per heavy atom. The molecule has 1 aromatic carbocycles. The number of benzene rings is 1. The summed E-state index contributed by atoms with van der Waals surface area (Å²) in [6.07, 6.45) is 2.50. The van der Waals surface area contributed by atoms with Gasteiger partial charge in [-0.05, 0) is 37.1 Å². The summed E-state index contributed by atoms with van der Waals surface area (Å²) in [6, 6.07) is 13.2. The van der Waals surface area contributed by atoms with Crippen molar-refractivity contribution in [3.8, 4) is 0 Å². The molecule has 0 bridgehead atoms. The Kier molecular flexibility index (Phi) is 4.05. The highest BCUT2D eigenvalue weighted by Crippen LogP contribution is 2.22. The monoisotopic (exact) mass is 336 g/mol. The number of anilines is 2. The molecule has 128 valence electrons. The van der Waals surface area contributed by atoms with Crippen molar-refractivity contribution in [2.24, 2.45) is 0 Å². The van der Waals surface area contributed by atoms with Crippen LogP contribution in [0.15, 0.2) is 42.5 Å². The van der Waals surface area contributed by atoms with Gasteiger partial charge in [0.25, 0.3) is 0 Å². The zero-order chi connectivity index (χ0) is 17.2. The highest BCUT2D eigenvalue weighted by atomic mass is 16.2. The molecule has 1 N–H and O–H groups in total. The van der Waals surface area contributed by atoms with Crippen LogP contribution in [-0.4, -0.2) is 38.3 Å². The third kappa shape index (κ3) is 2.93. The molecule has 1 amide bonds. The standard InChI is InChI=1S/C18H20N6O/c1-2-16-20-21-17-11-10-15(22-24(16)17)19-14-9-6-12-23(18(14)25)13-7-4-3-5-8-13/h3-5,7-8,10-11,14H,2,6,9,12H2,1H3,(H,19,22)/t14-/m0/s1. The van der Waals surface area contributed by atoms with E-state index in [4.69, 9.17) is 0 Å². The van der Waals surface area contributed by atoms with E-state index in [0.717, 1.165) is 37.3 Å². The molecule has 7 nitrogen and oxygen atoms in total. The Morgan fingerprint density at radius 3 is 2.80 bits per heavy atom. The molecular formula is C18H20N6O. The Bertz CT molecular complexity index is 891. The Balaban J connectivity index is 1.56. The molecule has 0 aliphatic carbocycles. The van der Waals surface area contributed by atoms with Crippen LogP contribution in [0.4, 0.5) is 11.5 Å². The molecule has 1 aliphatic rings. The minimum atomic E-state index is -0.277. The summed E-state index contributed by atoms with van der Waals surface area (Å²) in [5.74, 6) is 1.55. The number of fused-ring (bicyclic) bond motifs is 1. The zero-order valence-corrected chi connectivity index (χ0v) is 14.1. The van der Waals surface area contributed by atoms with Crippen LogP contribution in [0.5, 0.6) is 0 Å². The van der Waals surface area contributed by atoms with Crippen molar-refractivity contribution in [2.75, 3.05) is 16.8 Å². The molecule has 4 rings (SSSR count). The van der Waals surface area contributed by atoms with Gasteiger partial charge in [-0.3, -0.25) is 4.79 Å². The van der Waals surface area contributed by atoms with Gasteiger partial charge in [-0.1, -0.05) is 25.1 Å². The first-order valence-corrected chi connectivity index (χ1v) is 8.60. The van der Waals surface area contributed by atoms with Crippen LogP contribution in [0, 0.1) is 0 Å². The summed E-state index contributed by atoms with van der Waals surface area (Å²) in [6.45, 7) is 2.76. The lowest BCUT2D eigenvalue weighted by molar-refractivity contribution is -0.120. The van der Waals surface area contributed by atoms with Crippen LogP contribution >= 0.6 is 0 Å². The summed E-state index contributed by atoms with van der Waals surface area (Å²) in [5.41, 5.74) is 1.65. The summed E-state index contributed by atoms with van der Waals surface area (Å²) < 4.78 is 1.73. The third-order valence-corrected chi connectivity index (χ3v) is 4.47. The second-order valence-corrected chi connectivity index (χ2v) is 6.12. The fourth-order valence-corrected chi connectivity index (χ4v) is 3.18. The Hall–Kier alpha value is -2.96. The van der Waals surface area contributed by atoms with E-state index in [1.165, 1.54) is 0 Å². The maximum atomic E-state index is 12.9. The maximum absolute atomic E-state index is 12.9. The fourth-order valence-electron chi connectivity index (χ4n) is 3.18.